The first-order chi connectivity index (χ1) is 8.40. The Morgan fingerprint density at radius 3 is 2.67 bits per heavy atom. The van der Waals surface area contributed by atoms with Crippen molar-refractivity contribution in [2.24, 2.45) is 11.7 Å². The van der Waals surface area contributed by atoms with E-state index in [0.29, 0.717) is 39.6 Å². The van der Waals surface area contributed by atoms with Crippen molar-refractivity contribution in [2.45, 2.75) is 20.3 Å². The first-order valence-corrected chi connectivity index (χ1v) is 7.33. The molecule has 0 spiro atoms. The molecule has 0 aliphatic heterocycles. The van der Waals surface area contributed by atoms with E-state index in [4.69, 9.17) is 29.6 Å². The molecule has 0 saturated carbocycles. The van der Waals surface area contributed by atoms with E-state index in [1.807, 2.05) is 0 Å². The quantitative estimate of drug-likeness (QED) is 0.821. The van der Waals surface area contributed by atoms with Gasteiger partial charge in [-0.3, -0.25) is 4.79 Å². The molecule has 18 heavy (non-hydrogen) atoms. The smallest absolute Gasteiger partial charge is 0.263 e. The van der Waals surface area contributed by atoms with Crippen molar-refractivity contribution in [3.63, 3.8) is 0 Å². The predicted octanol–water partition coefficient (Wildman–Crippen LogP) is 3.18. The zero-order chi connectivity index (χ0) is 13.7. The van der Waals surface area contributed by atoms with E-state index in [0.717, 1.165) is 0 Å². The summed E-state index contributed by atoms with van der Waals surface area (Å²) in [5.74, 6) is 0.396. The van der Waals surface area contributed by atoms with Gasteiger partial charge in [0.15, 0.2) is 0 Å². The maximum Gasteiger partial charge on any atom is 0.263 e. The highest BCUT2D eigenvalue weighted by atomic mass is 35.5. The number of thiocarbonyl (C=S) groups is 1. The fourth-order valence-electron chi connectivity index (χ4n) is 1.55. The molecule has 6 heteroatoms. The summed E-state index contributed by atoms with van der Waals surface area (Å²) >= 11 is 12.0. The number of carbonyl (C=O) groups excluding carboxylic acids is 1. The molecule has 0 aromatic carbocycles. The lowest BCUT2D eigenvalue weighted by Gasteiger charge is -2.23. The molecule has 0 fully saturated rings. The van der Waals surface area contributed by atoms with Gasteiger partial charge in [0.05, 0.1) is 14.2 Å². The topological polar surface area (TPSA) is 46.3 Å². The van der Waals surface area contributed by atoms with Crippen LogP contribution < -0.4 is 5.73 Å². The van der Waals surface area contributed by atoms with Crippen molar-refractivity contribution in [3.05, 3.63) is 21.3 Å². The Morgan fingerprint density at radius 2 is 2.22 bits per heavy atom. The van der Waals surface area contributed by atoms with Crippen LogP contribution in [0.15, 0.2) is 12.1 Å². The Balaban J connectivity index is 2.75. The van der Waals surface area contributed by atoms with Crippen molar-refractivity contribution >= 4 is 46.1 Å². The molecule has 1 heterocycles. The van der Waals surface area contributed by atoms with Crippen LogP contribution in [0.2, 0.25) is 4.34 Å². The van der Waals surface area contributed by atoms with Crippen LogP contribution in [0.1, 0.15) is 29.9 Å². The van der Waals surface area contributed by atoms with Gasteiger partial charge in [-0.05, 0) is 18.1 Å². The van der Waals surface area contributed by atoms with Crippen molar-refractivity contribution in [1.82, 2.24) is 4.90 Å². The highest BCUT2D eigenvalue weighted by molar-refractivity contribution is 7.80. The molecule has 0 aliphatic rings. The van der Waals surface area contributed by atoms with Crippen molar-refractivity contribution in [2.75, 3.05) is 13.1 Å². The van der Waals surface area contributed by atoms with Crippen LogP contribution in [0, 0.1) is 5.92 Å². The fraction of sp³-hybridized carbons (Fsp3) is 0.500. The number of carbonyl (C=O) groups is 1. The third-order valence-electron chi connectivity index (χ3n) is 2.28. The molecule has 0 radical (unpaired) electrons. The largest absolute Gasteiger partial charge is 0.393 e. The molecule has 2 N–H and O–H groups in total. The van der Waals surface area contributed by atoms with Crippen molar-refractivity contribution in [1.29, 1.82) is 0 Å². The van der Waals surface area contributed by atoms with Gasteiger partial charge in [0, 0.05) is 19.5 Å². The lowest BCUT2D eigenvalue weighted by atomic mass is 10.2. The standard InChI is InChI=1S/C12H17ClN2OS2/c1-8(2)7-15(6-5-11(14)17)12(16)9-3-4-10(13)18-9/h3-4,8H,5-7H2,1-2H3,(H2,14,17). The molecule has 0 atom stereocenters. The van der Waals surface area contributed by atoms with Gasteiger partial charge in [0.25, 0.3) is 5.91 Å². The maximum atomic E-state index is 12.3. The third-order valence-corrected chi connectivity index (χ3v) is 3.71. The van der Waals surface area contributed by atoms with E-state index in [-0.39, 0.29) is 5.91 Å². The monoisotopic (exact) mass is 304 g/mol. The highest BCUT2D eigenvalue weighted by Crippen LogP contribution is 2.23. The molecule has 1 aromatic rings. The van der Waals surface area contributed by atoms with Crippen LogP contribution in [-0.4, -0.2) is 28.9 Å². The van der Waals surface area contributed by atoms with Gasteiger partial charge in [0.2, 0.25) is 0 Å². The number of hydrogen-bond donors (Lipinski definition) is 1. The average molecular weight is 305 g/mol. The van der Waals surface area contributed by atoms with E-state index in [1.165, 1.54) is 11.3 Å². The van der Waals surface area contributed by atoms with E-state index >= 15 is 0 Å². The molecule has 0 bridgehead atoms. The average Bonchev–Trinajstić information content (AvgIpc) is 2.69. The van der Waals surface area contributed by atoms with E-state index in [2.05, 4.69) is 13.8 Å². The van der Waals surface area contributed by atoms with Gasteiger partial charge in [-0.2, -0.15) is 0 Å². The SMILES string of the molecule is CC(C)CN(CCC(N)=S)C(=O)c1ccc(Cl)s1. The number of amides is 1. The predicted molar refractivity (Wildman–Crippen MR) is 81.5 cm³/mol. The second-order valence-corrected chi connectivity index (χ2v) is 6.70. The van der Waals surface area contributed by atoms with Crippen LogP contribution >= 0.6 is 35.2 Å². The summed E-state index contributed by atoms with van der Waals surface area (Å²) in [5, 5.41) is 0. The van der Waals surface area contributed by atoms with Crippen LogP contribution in [-0.2, 0) is 0 Å². The number of rotatable bonds is 6. The normalized spacial score (nSPS) is 10.7. The molecule has 3 nitrogen and oxygen atoms in total. The minimum atomic E-state index is -0.00292. The molecule has 1 aromatic heterocycles. The molecule has 100 valence electrons. The maximum absolute atomic E-state index is 12.3. The Hall–Kier alpha value is -0.650. The minimum Gasteiger partial charge on any atom is -0.393 e. The van der Waals surface area contributed by atoms with Gasteiger partial charge in [-0.1, -0.05) is 37.7 Å². The summed E-state index contributed by atoms with van der Waals surface area (Å²) in [7, 11) is 0. The third kappa shape index (κ3) is 4.92. The van der Waals surface area contributed by atoms with Gasteiger partial charge >= 0.3 is 0 Å². The first-order valence-electron chi connectivity index (χ1n) is 5.73. The Morgan fingerprint density at radius 1 is 1.56 bits per heavy atom. The second kappa shape index (κ2) is 7.07. The van der Waals surface area contributed by atoms with Gasteiger partial charge < -0.3 is 10.6 Å². The molecule has 0 saturated heterocycles. The summed E-state index contributed by atoms with van der Waals surface area (Å²) in [5.41, 5.74) is 5.49. The Kier molecular flexibility index (Phi) is 6.05. The van der Waals surface area contributed by atoms with E-state index in [1.54, 1.807) is 17.0 Å². The molecule has 0 aliphatic carbocycles. The van der Waals surface area contributed by atoms with Crippen LogP contribution in [0.25, 0.3) is 0 Å². The minimum absolute atomic E-state index is 0.00292. The zero-order valence-corrected chi connectivity index (χ0v) is 12.9. The summed E-state index contributed by atoms with van der Waals surface area (Å²) in [6.45, 7) is 5.39. The second-order valence-electron chi connectivity index (χ2n) is 4.47. The van der Waals surface area contributed by atoms with Crippen LogP contribution in [0.5, 0.6) is 0 Å². The number of thiophene rings is 1. The van der Waals surface area contributed by atoms with Crippen molar-refractivity contribution < 1.29 is 4.79 Å². The molecule has 0 unspecified atom stereocenters. The van der Waals surface area contributed by atoms with Crippen LogP contribution in [0.3, 0.4) is 0 Å². The summed E-state index contributed by atoms with van der Waals surface area (Å²) in [4.78, 5) is 15.2. The summed E-state index contributed by atoms with van der Waals surface area (Å²) in [6, 6.07) is 3.49. The number of nitrogens with two attached hydrogens (primary N) is 1. The lowest BCUT2D eigenvalue weighted by molar-refractivity contribution is 0.0746. The van der Waals surface area contributed by atoms with Gasteiger partial charge in [-0.25, -0.2) is 0 Å². The highest BCUT2D eigenvalue weighted by Gasteiger charge is 2.18. The van der Waals surface area contributed by atoms with Gasteiger partial charge in [0.1, 0.15) is 0 Å². The zero-order valence-electron chi connectivity index (χ0n) is 10.5. The Bertz CT molecular complexity index is 431. The molecular formula is C12H17ClN2OS2. The summed E-state index contributed by atoms with van der Waals surface area (Å²) in [6.07, 6.45) is 0.549. The van der Waals surface area contributed by atoms with Gasteiger partial charge in [-0.15, -0.1) is 11.3 Å². The molecular weight excluding hydrogens is 288 g/mol. The summed E-state index contributed by atoms with van der Waals surface area (Å²) < 4.78 is 0.622. The first kappa shape index (κ1) is 15.4. The van der Waals surface area contributed by atoms with E-state index < -0.39 is 0 Å². The Labute approximate surface area is 122 Å². The molecule has 1 rings (SSSR count). The van der Waals surface area contributed by atoms with Crippen molar-refractivity contribution in [3.8, 4) is 0 Å². The number of nitrogens with zero attached hydrogens (tertiary/aromatic N) is 1. The molecule has 1 amide bonds. The fourth-order valence-corrected chi connectivity index (χ4v) is 2.65. The van der Waals surface area contributed by atoms with E-state index in [9.17, 15) is 4.79 Å². The lowest BCUT2D eigenvalue weighted by Crippen LogP contribution is -2.36. The number of hydrogen-bond acceptors (Lipinski definition) is 3. The number of halogens is 1. The van der Waals surface area contributed by atoms with Crippen LogP contribution in [0.4, 0.5) is 0 Å².